The molecular weight excluding hydrogens is 225 g/mol. The molecule has 0 aliphatic carbocycles. The molecule has 1 amide bonds. The standard InChI is InChI=1S/C11H10FN3O2/c1-7(16)13-6-10-14-11(15-17-10)8-2-4-9(12)5-3-8/h2-5H,6H2,1H3,(H,13,16). The molecule has 0 unspecified atom stereocenters. The maximum Gasteiger partial charge on any atom is 0.246 e. The third kappa shape index (κ3) is 2.87. The molecule has 0 aliphatic rings. The van der Waals surface area contributed by atoms with Crippen molar-refractivity contribution in [3.05, 3.63) is 36.0 Å². The maximum absolute atomic E-state index is 12.7. The fourth-order valence-corrected chi connectivity index (χ4v) is 1.24. The van der Waals surface area contributed by atoms with E-state index in [1.54, 1.807) is 12.1 Å². The largest absolute Gasteiger partial charge is 0.347 e. The van der Waals surface area contributed by atoms with Gasteiger partial charge < -0.3 is 9.84 Å². The summed E-state index contributed by atoms with van der Waals surface area (Å²) in [5.41, 5.74) is 0.657. The summed E-state index contributed by atoms with van der Waals surface area (Å²) in [7, 11) is 0. The van der Waals surface area contributed by atoms with E-state index in [1.807, 2.05) is 0 Å². The highest BCUT2D eigenvalue weighted by molar-refractivity contribution is 5.72. The predicted octanol–water partition coefficient (Wildman–Crippen LogP) is 1.51. The van der Waals surface area contributed by atoms with Crippen LogP contribution in [-0.2, 0) is 11.3 Å². The Morgan fingerprint density at radius 3 is 2.76 bits per heavy atom. The minimum Gasteiger partial charge on any atom is -0.347 e. The van der Waals surface area contributed by atoms with Crippen LogP contribution in [0.15, 0.2) is 28.8 Å². The number of halogens is 1. The highest BCUT2D eigenvalue weighted by Crippen LogP contribution is 2.15. The zero-order valence-electron chi connectivity index (χ0n) is 9.11. The second kappa shape index (κ2) is 4.73. The first-order chi connectivity index (χ1) is 8.15. The lowest BCUT2D eigenvalue weighted by atomic mass is 10.2. The van der Waals surface area contributed by atoms with Gasteiger partial charge in [-0.05, 0) is 24.3 Å². The SMILES string of the molecule is CC(=O)NCc1nc(-c2ccc(F)cc2)no1. The second-order valence-electron chi connectivity index (χ2n) is 3.43. The summed E-state index contributed by atoms with van der Waals surface area (Å²) < 4.78 is 17.6. The molecule has 2 rings (SSSR count). The summed E-state index contributed by atoms with van der Waals surface area (Å²) in [6.45, 7) is 1.58. The van der Waals surface area contributed by atoms with E-state index in [4.69, 9.17) is 4.52 Å². The van der Waals surface area contributed by atoms with Crippen LogP contribution in [0.3, 0.4) is 0 Å². The van der Waals surface area contributed by atoms with Crippen LogP contribution in [0.5, 0.6) is 0 Å². The quantitative estimate of drug-likeness (QED) is 0.875. The van der Waals surface area contributed by atoms with Crippen LogP contribution in [0.2, 0.25) is 0 Å². The van der Waals surface area contributed by atoms with Crippen molar-refractivity contribution >= 4 is 5.91 Å². The summed E-state index contributed by atoms with van der Waals surface area (Å²) in [6, 6.07) is 5.75. The molecule has 1 heterocycles. The molecule has 0 atom stereocenters. The van der Waals surface area contributed by atoms with E-state index in [-0.39, 0.29) is 18.3 Å². The molecule has 1 aromatic heterocycles. The molecule has 17 heavy (non-hydrogen) atoms. The summed E-state index contributed by atoms with van der Waals surface area (Å²) in [5.74, 6) is 0.173. The third-order valence-electron chi connectivity index (χ3n) is 2.06. The highest BCUT2D eigenvalue weighted by atomic mass is 19.1. The average Bonchev–Trinajstić information content (AvgIpc) is 2.76. The molecule has 5 nitrogen and oxygen atoms in total. The first kappa shape index (κ1) is 11.3. The monoisotopic (exact) mass is 235 g/mol. The van der Waals surface area contributed by atoms with Gasteiger partial charge in [-0.25, -0.2) is 4.39 Å². The Hall–Kier alpha value is -2.24. The number of nitrogens with one attached hydrogen (secondary N) is 1. The van der Waals surface area contributed by atoms with Crippen molar-refractivity contribution in [2.24, 2.45) is 0 Å². The van der Waals surface area contributed by atoms with Gasteiger partial charge in [0.15, 0.2) is 0 Å². The van der Waals surface area contributed by atoms with Gasteiger partial charge in [-0.3, -0.25) is 4.79 Å². The van der Waals surface area contributed by atoms with E-state index < -0.39 is 0 Å². The topological polar surface area (TPSA) is 68.0 Å². The van der Waals surface area contributed by atoms with Gasteiger partial charge in [-0.2, -0.15) is 4.98 Å². The van der Waals surface area contributed by atoms with Crippen LogP contribution in [0.1, 0.15) is 12.8 Å². The molecule has 1 N–H and O–H groups in total. The zero-order valence-corrected chi connectivity index (χ0v) is 9.11. The third-order valence-corrected chi connectivity index (χ3v) is 2.06. The van der Waals surface area contributed by atoms with E-state index in [2.05, 4.69) is 15.5 Å². The van der Waals surface area contributed by atoms with Gasteiger partial charge in [0.25, 0.3) is 0 Å². The number of carbonyl (C=O) groups is 1. The van der Waals surface area contributed by atoms with Crippen molar-refractivity contribution < 1.29 is 13.7 Å². The molecule has 88 valence electrons. The van der Waals surface area contributed by atoms with Crippen LogP contribution < -0.4 is 5.32 Å². The minimum absolute atomic E-state index is 0.175. The van der Waals surface area contributed by atoms with E-state index in [9.17, 15) is 9.18 Å². The normalized spacial score (nSPS) is 10.2. The molecule has 0 fully saturated rings. The number of aromatic nitrogens is 2. The second-order valence-corrected chi connectivity index (χ2v) is 3.43. The molecule has 0 saturated carbocycles. The molecule has 6 heteroatoms. The number of carbonyl (C=O) groups excluding carboxylic acids is 1. The smallest absolute Gasteiger partial charge is 0.246 e. The van der Waals surface area contributed by atoms with Crippen LogP contribution in [0, 0.1) is 5.82 Å². The molecule has 1 aromatic carbocycles. The Kier molecular flexibility index (Phi) is 3.13. The van der Waals surface area contributed by atoms with Crippen LogP contribution in [0.25, 0.3) is 11.4 Å². The van der Waals surface area contributed by atoms with E-state index >= 15 is 0 Å². The molecule has 0 saturated heterocycles. The van der Waals surface area contributed by atoms with E-state index in [0.29, 0.717) is 17.3 Å². The number of hydrogen-bond donors (Lipinski definition) is 1. The lowest BCUT2D eigenvalue weighted by molar-refractivity contribution is -0.119. The Labute approximate surface area is 96.6 Å². The summed E-state index contributed by atoms with van der Waals surface area (Å²) in [5, 5.41) is 6.27. The minimum atomic E-state index is -0.323. The Morgan fingerprint density at radius 1 is 1.41 bits per heavy atom. The van der Waals surface area contributed by atoms with Gasteiger partial charge in [-0.15, -0.1) is 0 Å². The van der Waals surface area contributed by atoms with Gasteiger partial charge in [-0.1, -0.05) is 5.16 Å². The first-order valence-corrected chi connectivity index (χ1v) is 4.98. The van der Waals surface area contributed by atoms with Crippen LogP contribution in [0.4, 0.5) is 4.39 Å². The van der Waals surface area contributed by atoms with Gasteiger partial charge >= 0.3 is 0 Å². The van der Waals surface area contributed by atoms with Crippen LogP contribution in [-0.4, -0.2) is 16.0 Å². The molecule has 2 aromatic rings. The molecule has 0 aliphatic heterocycles. The van der Waals surface area contributed by atoms with Gasteiger partial charge in [0.05, 0.1) is 6.54 Å². The van der Waals surface area contributed by atoms with Crippen molar-refractivity contribution in [3.63, 3.8) is 0 Å². The molecular formula is C11H10FN3O2. The van der Waals surface area contributed by atoms with Crippen molar-refractivity contribution in [1.82, 2.24) is 15.5 Å². The van der Waals surface area contributed by atoms with E-state index in [0.717, 1.165) is 0 Å². The Morgan fingerprint density at radius 2 is 2.12 bits per heavy atom. The van der Waals surface area contributed by atoms with Gasteiger partial charge in [0.2, 0.25) is 17.6 Å². The highest BCUT2D eigenvalue weighted by Gasteiger charge is 2.08. The van der Waals surface area contributed by atoms with Gasteiger partial charge in [0, 0.05) is 12.5 Å². The fraction of sp³-hybridized carbons (Fsp3) is 0.182. The fourth-order valence-electron chi connectivity index (χ4n) is 1.24. The van der Waals surface area contributed by atoms with Crippen LogP contribution >= 0.6 is 0 Å². The average molecular weight is 235 g/mol. The summed E-state index contributed by atoms with van der Waals surface area (Å²) in [6.07, 6.45) is 0. The van der Waals surface area contributed by atoms with Crippen molar-refractivity contribution in [1.29, 1.82) is 0 Å². The number of nitrogens with zero attached hydrogens (tertiary/aromatic N) is 2. The zero-order chi connectivity index (χ0) is 12.3. The Balaban J connectivity index is 2.12. The van der Waals surface area contributed by atoms with Crippen molar-refractivity contribution in [2.75, 3.05) is 0 Å². The van der Waals surface area contributed by atoms with Crippen molar-refractivity contribution in [2.45, 2.75) is 13.5 Å². The number of benzene rings is 1. The van der Waals surface area contributed by atoms with Crippen molar-refractivity contribution in [3.8, 4) is 11.4 Å². The van der Waals surface area contributed by atoms with Gasteiger partial charge in [0.1, 0.15) is 5.82 Å². The predicted molar refractivity (Wildman–Crippen MR) is 57.2 cm³/mol. The number of hydrogen-bond acceptors (Lipinski definition) is 4. The lowest BCUT2D eigenvalue weighted by Gasteiger charge is -1.94. The lowest BCUT2D eigenvalue weighted by Crippen LogP contribution is -2.18. The summed E-state index contributed by atoms with van der Waals surface area (Å²) in [4.78, 5) is 14.8. The molecule has 0 spiro atoms. The Bertz CT molecular complexity index is 522. The number of rotatable bonds is 3. The first-order valence-electron chi connectivity index (χ1n) is 4.98. The maximum atomic E-state index is 12.7. The number of amides is 1. The molecule has 0 bridgehead atoms. The van der Waals surface area contributed by atoms with E-state index in [1.165, 1.54) is 19.1 Å². The molecule has 0 radical (unpaired) electrons. The summed E-state index contributed by atoms with van der Waals surface area (Å²) >= 11 is 0.